The molecule has 2 heterocycles. The molecule has 1 aliphatic rings. The Kier molecular flexibility index (Phi) is 2.93. The average Bonchev–Trinajstić information content (AvgIpc) is 3.02. The number of esters is 1. The van der Waals surface area contributed by atoms with Gasteiger partial charge >= 0.3 is 5.97 Å². The molecular formula is C14H8ClNO3. The number of hydrogen-bond donors (Lipinski definition) is 0. The molecule has 3 rings (SSSR count). The van der Waals surface area contributed by atoms with Crippen molar-refractivity contribution in [3.05, 3.63) is 64.7 Å². The van der Waals surface area contributed by atoms with Crippen LogP contribution < -0.4 is 0 Å². The first kappa shape index (κ1) is 11.7. The number of carbonyl (C=O) groups excluding carboxylic acids is 1. The molecule has 0 spiro atoms. The van der Waals surface area contributed by atoms with Gasteiger partial charge in [-0.1, -0.05) is 23.7 Å². The summed E-state index contributed by atoms with van der Waals surface area (Å²) in [5.74, 6) is 0.218. The number of nitrogens with zero attached hydrogens (tertiary/aromatic N) is 1. The van der Waals surface area contributed by atoms with Crippen LogP contribution in [0.15, 0.2) is 57.8 Å². The van der Waals surface area contributed by atoms with E-state index < -0.39 is 5.97 Å². The van der Waals surface area contributed by atoms with E-state index in [4.69, 9.17) is 20.8 Å². The Morgan fingerprint density at radius 1 is 1.16 bits per heavy atom. The van der Waals surface area contributed by atoms with Gasteiger partial charge in [0.25, 0.3) is 0 Å². The van der Waals surface area contributed by atoms with Crippen molar-refractivity contribution in [3.8, 4) is 0 Å². The SMILES string of the molecule is O=C1OC(c2ccccc2Cl)=NC1=Cc1ccco1. The van der Waals surface area contributed by atoms with Crippen LogP contribution in [0.5, 0.6) is 0 Å². The molecule has 0 atom stereocenters. The normalized spacial score (nSPS) is 16.6. The average molecular weight is 274 g/mol. The summed E-state index contributed by atoms with van der Waals surface area (Å²) in [7, 11) is 0. The number of rotatable bonds is 2. The number of furan rings is 1. The molecule has 5 heteroatoms. The van der Waals surface area contributed by atoms with E-state index >= 15 is 0 Å². The van der Waals surface area contributed by atoms with E-state index in [2.05, 4.69) is 4.99 Å². The highest BCUT2D eigenvalue weighted by molar-refractivity contribution is 6.34. The minimum absolute atomic E-state index is 0.185. The molecule has 0 aliphatic carbocycles. The predicted molar refractivity (Wildman–Crippen MR) is 70.8 cm³/mol. The molecule has 1 aromatic carbocycles. The zero-order valence-corrected chi connectivity index (χ0v) is 10.4. The Hall–Kier alpha value is -2.33. The fourth-order valence-corrected chi connectivity index (χ4v) is 1.88. The van der Waals surface area contributed by atoms with Gasteiger partial charge in [-0.2, -0.15) is 0 Å². The first-order chi connectivity index (χ1) is 9.24. The molecule has 0 radical (unpaired) electrons. The van der Waals surface area contributed by atoms with Crippen molar-refractivity contribution < 1.29 is 13.9 Å². The van der Waals surface area contributed by atoms with E-state index in [1.165, 1.54) is 12.3 Å². The second-order valence-electron chi connectivity index (χ2n) is 3.83. The molecule has 0 unspecified atom stereocenters. The lowest BCUT2D eigenvalue weighted by molar-refractivity contribution is -0.129. The molecule has 0 fully saturated rings. The molecule has 0 N–H and O–H groups in total. The van der Waals surface area contributed by atoms with Gasteiger partial charge in [-0.15, -0.1) is 0 Å². The third-order valence-corrected chi connectivity index (χ3v) is 2.88. The van der Waals surface area contributed by atoms with E-state index in [0.29, 0.717) is 16.3 Å². The molecule has 0 saturated heterocycles. The van der Waals surface area contributed by atoms with Gasteiger partial charge in [-0.25, -0.2) is 9.79 Å². The number of benzene rings is 1. The van der Waals surface area contributed by atoms with Crippen molar-refractivity contribution in [2.24, 2.45) is 4.99 Å². The van der Waals surface area contributed by atoms with Gasteiger partial charge in [0.1, 0.15) is 5.76 Å². The molecule has 19 heavy (non-hydrogen) atoms. The number of aliphatic imine (C=N–C) groups is 1. The number of halogens is 1. The van der Waals surface area contributed by atoms with Crippen LogP contribution in [0.3, 0.4) is 0 Å². The van der Waals surface area contributed by atoms with E-state index in [-0.39, 0.29) is 11.6 Å². The zero-order chi connectivity index (χ0) is 13.2. The Balaban J connectivity index is 1.98. The van der Waals surface area contributed by atoms with E-state index in [1.54, 1.807) is 36.4 Å². The molecule has 94 valence electrons. The van der Waals surface area contributed by atoms with Crippen molar-refractivity contribution in [2.45, 2.75) is 0 Å². The van der Waals surface area contributed by atoms with Crippen LogP contribution >= 0.6 is 11.6 Å². The summed E-state index contributed by atoms with van der Waals surface area (Å²) in [5, 5.41) is 0.480. The molecule has 4 nitrogen and oxygen atoms in total. The van der Waals surface area contributed by atoms with Gasteiger partial charge in [-0.3, -0.25) is 0 Å². The molecule has 1 aromatic heterocycles. The second-order valence-corrected chi connectivity index (χ2v) is 4.24. The minimum atomic E-state index is -0.522. The summed E-state index contributed by atoms with van der Waals surface area (Å²) in [6, 6.07) is 10.5. The van der Waals surface area contributed by atoms with E-state index in [9.17, 15) is 4.79 Å². The Bertz CT molecular complexity index is 686. The van der Waals surface area contributed by atoms with Gasteiger partial charge in [-0.05, 0) is 24.3 Å². The molecule has 0 amide bonds. The highest BCUT2D eigenvalue weighted by Crippen LogP contribution is 2.23. The van der Waals surface area contributed by atoms with Crippen LogP contribution in [0.4, 0.5) is 0 Å². The first-order valence-corrected chi connectivity index (χ1v) is 5.93. The van der Waals surface area contributed by atoms with Crippen LogP contribution in [0.25, 0.3) is 6.08 Å². The second kappa shape index (κ2) is 4.74. The van der Waals surface area contributed by atoms with E-state index in [1.807, 2.05) is 0 Å². The summed E-state index contributed by atoms with van der Waals surface area (Å²) < 4.78 is 10.2. The third-order valence-electron chi connectivity index (χ3n) is 2.55. The molecule has 1 aliphatic heterocycles. The Labute approximate surface area is 114 Å². The first-order valence-electron chi connectivity index (χ1n) is 5.55. The highest BCUT2D eigenvalue weighted by Gasteiger charge is 2.25. The largest absolute Gasteiger partial charge is 0.465 e. The summed E-state index contributed by atoms with van der Waals surface area (Å²) in [6.45, 7) is 0. The Morgan fingerprint density at radius 3 is 2.74 bits per heavy atom. The Morgan fingerprint density at radius 2 is 2.00 bits per heavy atom. The number of cyclic esters (lactones) is 1. The molecule has 2 aromatic rings. The van der Waals surface area contributed by atoms with Gasteiger partial charge < -0.3 is 9.15 Å². The van der Waals surface area contributed by atoms with Crippen molar-refractivity contribution in [2.75, 3.05) is 0 Å². The van der Waals surface area contributed by atoms with Crippen molar-refractivity contribution in [3.63, 3.8) is 0 Å². The smallest absolute Gasteiger partial charge is 0.363 e. The van der Waals surface area contributed by atoms with Gasteiger partial charge in [0.15, 0.2) is 5.70 Å². The lowest BCUT2D eigenvalue weighted by Gasteiger charge is -2.00. The van der Waals surface area contributed by atoms with Crippen molar-refractivity contribution >= 4 is 29.5 Å². The number of ether oxygens (including phenoxy) is 1. The number of hydrogen-bond acceptors (Lipinski definition) is 4. The fourth-order valence-electron chi connectivity index (χ4n) is 1.67. The monoisotopic (exact) mass is 273 g/mol. The maximum atomic E-state index is 11.7. The maximum Gasteiger partial charge on any atom is 0.363 e. The van der Waals surface area contributed by atoms with Crippen molar-refractivity contribution in [1.82, 2.24) is 0 Å². The van der Waals surface area contributed by atoms with Crippen LogP contribution in [-0.2, 0) is 9.53 Å². The highest BCUT2D eigenvalue weighted by atomic mass is 35.5. The van der Waals surface area contributed by atoms with E-state index in [0.717, 1.165) is 0 Å². The number of carbonyl (C=O) groups is 1. The quantitative estimate of drug-likeness (QED) is 0.623. The molecule has 0 bridgehead atoms. The zero-order valence-electron chi connectivity index (χ0n) is 9.67. The van der Waals surface area contributed by atoms with Gasteiger partial charge in [0.05, 0.1) is 16.8 Å². The summed E-state index contributed by atoms with van der Waals surface area (Å²) in [4.78, 5) is 15.8. The van der Waals surface area contributed by atoms with Crippen molar-refractivity contribution in [1.29, 1.82) is 0 Å². The summed E-state index contributed by atoms with van der Waals surface area (Å²) in [5.41, 5.74) is 0.769. The lowest BCUT2D eigenvalue weighted by Crippen LogP contribution is -2.05. The van der Waals surface area contributed by atoms with Crippen LogP contribution in [0.1, 0.15) is 11.3 Å². The molecular weight excluding hydrogens is 266 g/mol. The fraction of sp³-hybridized carbons (Fsp3) is 0. The third kappa shape index (κ3) is 2.30. The standard InChI is InChI=1S/C14H8ClNO3/c15-11-6-2-1-5-10(11)13-16-12(14(17)19-13)8-9-4-3-7-18-9/h1-8H. The van der Waals surface area contributed by atoms with Gasteiger partial charge in [0, 0.05) is 6.08 Å². The minimum Gasteiger partial charge on any atom is -0.465 e. The lowest BCUT2D eigenvalue weighted by atomic mass is 10.2. The van der Waals surface area contributed by atoms with Crippen LogP contribution in [0.2, 0.25) is 5.02 Å². The van der Waals surface area contributed by atoms with Crippen LogP contribution in [0, 0.1) is 0 Å². The molecule has 0 saturated carbocycles. The van der Waals surface area contributed by atoms with Gasteiger partial charge in [0.2, 0.25) is 5.90 Å². The topological polar surface area (TPSA) is 51.8 Å². The summed E-state index contributed by atoms with van der Waals surface area (Å²) >= 11 is 6.03. The maximum absolute atomic E-state index is 11.7. The van der Waals surface area contributed by atoms with Crippen LogP contribution in [-0.4, -0.2) is 11.9 Å². The summed E-state index contributed by atoms with van der Waals surface area (Å²) in [6.07, 6.45) is 3.04. The predicted octanol–water partition coefficient (Wildman–Crippen LogP) is 3.28.